The van der Waals surface area contributed by atoms with E-state index < -0.39 is 0 Å². The number of aryl methyl sites for hydroxylation is 1. The number of hydrogen-bond donors (Lipinski definition) is 2. The van der Waals surface area contributed by atoms with E-state index in [1.807, 2.05) is 19.1 Å². The lowest BCUT2D eigenvalue weighted by molar-refractivity contribution is 0.157. The third-order valence-electron chi connectivity index (χ3n) is 2.87. The average molecular weight is 237 g/mol. The highest BCUT2D eigenvalue weighted by Crippen LogP contribution is 2.24. The van der Waals surface area contributed by atoms with Crippen LogP contribution in [-0.2, 0) is 4.74 Å². The van der Waals surface area contributed by atoms with Crippen molar-refractivity contribution in [3.63, 3.8) is 0 Å². The van der Waals surface area contributed by atoms with Crippen molar-refractivity contribution in [3.8, 4) is 5.75 Å². The molecule has 0 aromatic heterocycles. The normalized spacial score (nSPS) is 14.6. The van der Waals surface area contributed by atoms with Gasteiger partial charge in [-0.1, -0.05) is 24.6 Å². The largest absolute Gasteiger partial charge is 0.508 e. The molecule has 0 amide bonds. The van der Waals surface area contributed by atoms with Gasteiger partial charge in [0.1, 0.15) is 5.75 Å². The molecule has 96 valence electrons. The van der Waals surface area contributed by atoms with Gasteiger partial charge in [-0.25, -0.2) is 0 Å². The van der Waals surface area contributed by atoms with Crippen molar-refractivity contribution in [2.45, 2.75) is 26.8 Å². The van der Waals surface area contributed by atoms with Crippen LogP contribution in [-0.4, -0.2) is 25.4 Å². The molecule has 0 radical (unpaired) electrons. The number of ether oxygens (including phenoxy) is 1. The standard InChI is InChI=1S/C14H23NO2/c1-10-5-6-14(16)13(7-10)12(3)15-8-11(2)9-17-4/h5-7,11-12,15-16H,8-9H2,1-4H3. The minimum atomic E-state index is 0.147. The summed E-state index contributed by atoms with van der Waals surface area (Å²) in [6, 6.07) is 5.84. The van der Waals surface area contributed by atoms with Gasteiger partial charge in [-0.05, 0) is 25.8 Å². The number of phenolic OH excluding ortho intramolecular Hbond substituents is 1. The molecule has 17 heavy (non-hydrogen) atoms. The Balaban J connectivity index is 2.57. The molecule has 2 N–H and O–H groups in total. The van der Waals surface area contributed by atoms with Gasteiger partial charge in [-0.3, -0.25) is 0 Å². The summed E-state index contributed by atoms with van der Waals surface area (Å²) in [6.07, 6.45) is 0. The Hall–Kier alpha value is -1.06. The van der Waals surface area contributed by atoms with Crippen LogP contribution in [0.25, 0.3) is 0 Å². The second kappa shape index (κ2) is 6.62. The molecule has 2 atom stereocenters. The second-order valence-electron chi connectivity index (χ2n) is 4.75. The Morgan fingerprint density at radius 1 is 1.35 bits per heavy atom. The van der Waals surface area contributed by atoms with Crippen LogP contribution in [0, 0.1) is 12.8 Å². The molecule has 0 spiro atoms. The van der Waals surface area contributed by atoms with Crippen LogP contribution in [0.1, 0.15) is 31.0 Å². The molecule has 0 aliphatic heterocycles. The first-order valence-electron chi connectivity index (χ1n) is 6.06. The summed E-state index contributed by atoms with van der Waals surface area (Å²) >= 11 is 0. The smallest absolute Gasteiger partial charge is 0.120 e. The van der Waals surface area contributed by atoms with Crippen molar-refractivity contribution in [3.05, 3.63) is 29.3 Å². The first-order valence-corrected chi connectivity index (χ1v) is 6.06. The van der Waals surface area contributed by atoms with Crippen LogP contribution in [0.5, 0.6) is 5.75 Å². The molecule has 0 aliphatic rings. The Bertz CT molecular complexity index is 352. The lowest BCUT2D eigenvalue weighted by Gasteiger charge is -2.19. The lowest BCUT2D eigenvalue weighted by Crippen LogP contribution is -2.26. The molecule has 3 heteroatoms. The van der Waals surface area contributed by atoms with Crippen molar-refractivity contribution in [2.75, 3.05) is 20.3 Å². The number of nitrogens with one attached hydrogen (secondary N) is 1. The molecule has 0 aliphatic carbocycles. The van der Waals surface area contributed by atoms with Crippen LogP contribution >= 0.6 is 0 Å². The second-order valence-corrected chi connectivity index (χ2v) is 4.75. The molecule has 0 fully saturated rings. The topological polar surface area (TPSA) is 41.5 Å². The molecule has 0 saturated heterocycles. The van der Waals surface area contributed by atoms with E-state index in [9.17, 15) is 5.11 Å². The van der Waals surface area contributed by atoms with Crippen LogP contribution < -0.4 is 5.32 Å². The summed E-state index contributed by atoms with van der Waals surface area (Å²) in [5.74, 6) is 0.824. The number of hydrogen-bond acceptors (Lipinski definition) is 3. The highest BCUT2D eigenvalue weighted by atomic mass is 16.5. The first-order chi connectivity index (χ1) is 8.04. The van der Waals surface area contributed by atoms with E-state index in [1.165, 1.54) is 0 Å². The van der Waals surface area contributed by atoms with Crippen molar-refractivity contribution < 1.29 is 9.84 Å². The van der Waals surface area contributed by atoms with Gasteiger partial charge in [-0.2, -0.15) is 0 Å². The van der Waals surface area contributed by atoms with Crippen molar-refractivity contribution in [1.82, 2.24) is 5.32 Å². The number of rotatable bonds is 6. The number of aromatic hydroxyl groups is 1. The van der Waals surface area contributed by atoms with Crippen molar-refractivity contribution in [2.24, 2.45) is 5.92 Å². The maximum Gasteiger partial charge on any atom is 0.120 e. The highest BCUT2D eigenvalue weighted by Gasteiger charge is 2.11. The predicted octanol–water partition coefficient (Wildman–Crippen LogP) is 2.63. The van der Waals surface area contributed by atoms with E-state index in [-0.39, 0.29) is 6.04 Å². The van der Waals surface area contributed by atoms with Crippen LogP contribution in [0.3, 0.4) is 0 Å². The summed E-state index contributed by atoms with van der Waals surface area (Å²) in [7, 11) is 1.71. The summed E-state index contributed by atoms with van der Waals surface area (Å²) in [6.45, 7) is 7.86. The summed E-state index contributed by atoms with van der Waals surface area (Å²) < 4.78 is 5.10. The number of benzene rings is 1. The van der Waals surface area contributed by atoms with Gasteiger partial charge in [0.15, 0.2) is 0 Å². The fourth-order valence-electron chi connectivity index (χ4n) is 1.85. The Morgan fingerprint density at radius 3 is 2.71 bits per heavy atom. The summed E-state index contributed by atoms with van der Waals surface area (Å²) in [5, 5.41) is 13.2. The highest BCUT2D eigenvalue weighted by molar-refractivity contribution is 5.37. The van der Waals surface area contributed by atoms with E-state index in [0.717, 1.165) is 24.3 Å². The third-order valence-corrected chi connectivity index (χ3v) is 2.87. The maximum absolute atomic E-state index is 9.81. The third kappa shape index (κ3) is 4.36. The minimum Gasteiger partial charge on any atom is -0.508 e. The number of phenols is 1. The average Bonchev–Trinajstić information content (AvgIpc) is 2.29. The SMILES string of the molecule is COCC(C)CNC(C)c1cc(C)ccc1O. The van der Waals surface area contributed by atoms with Gasteiger partial charge in [0.05, 0.1) is 0 Å². The van der Waals surface area contributed by atoms with Crippen LogP contribution in [0.4, 0.5) is 0 Å². The molecule has 0 bridgehead atoms. The minimum absolute atomic E-state index is 0.147. The molecule has 1 aromatic carbocycles. The van der Waals surface area contributed by atoms with Gasteiger partial charge in [0, 0.05) is 31.9 Å². The van der Waals surface area contributed by atoms with Gasteiger partial charge in [0.25, 0.3) is 0 Å². The zero-order valence-corrected chi connectivity index (χ0v) is 11.2. The molecule has 2 unspecified atom stereocenters. The molecular formula is C14H23NO2. The Kier molecular flexibility index (Phi) is 5.45. The fraction of sp³-hybridized carbons (Fsp3) is 0.571. The van der Waals surface area contributed by atoms with E-state index in [0.29, 0.717) is 11.7 Å². The van der Waals surface area contributed by atoms with E-state index >= 15 is 0 Å². The van der Waals surface area contributed by atoms with Gasteiger partial charge >= 0.3 is 0 Å². The van der Waals surface area contributed by atoms with Crippen molar-refractivity contribution >= 4 is 0 Å². The van der Waals surface area contributed by atoms with Gasteiger partial charge < -0.3 is 15.2 Å². The van der Waals surface area contributed by atoms with E-state index in [1.54, 1.807) is 13.2 Å². The molecule has 1 rings (SSSR count). The lowest BCUT2D eigenvalue weighted by atomic mass is 10.0. The Morgan fingerprint density at radius 2 is 2.06 bits per heavy atom. The predicted molar refractivity (Wildman–Crippen MR) is 70.3 cm³/mol. The van der Waals surface area contributed by atoms with Crippen molar-refractivity contribution in [1.29, 1.82) is 0 Å². The summed E-state index contributed by atoms with van der Waals surface area (Å²) in [5.41, 5.74) is 2.12. The number of methoxy groups -OCH3 is 1. The first kappa shape index (κ1) is 14.0. The molecule has 0 heterocycles. The van der Waals surface area contributed by atoms with Crippen LogP contribution in [0.15, 0.2) is 18.2 Å². The summed E-state index contributed by atoms with van der Waals surface area (Å²) in [4.78, 5) is 0. The van der Waals surface area contributed by atoms with E-state index in [4.69, 9.17) is 4.74 Å². The molecular weight excluding hydrogens is 214 g/mol. The van der Waals surface area contributed by atoms with E-state index in [2.05, 4.69) is 19.2 Å². The quantitative estimate of drug-likeness (QED) is 0.799. The fourth-order valence-corrected chi connectivity index (χ4v) is 1.85. The molecule has 3 nitrogen and oxygen atoms in total. The van der Waals surface area contributed by atoms with Gasteiger partial charge in [-0.15, -0.1) is 0 Å². The monoisotopic (exact) mass is 237 g/mol. The maximum atomic E-state index is 9.81. The Labute approximate surface area is 104 Å². The van der Waals surface area contributed by atoms with Gasteiger partial charge in [0.2, 0.25) is 0 Å². The molecule has 0 saturated carbocycles. The zero-order chi connectivity index (χ0) is 12.8. The zero-order valence-electron chi connectivity index (χ0n) is 11.2. The molecule has 1 aromatic rings. The van der Waals surface area contributed by atoms with Crippen LogP contribution in [0.2, 0.25) is 0 Å².